The molecule has 1 aromatic carbocycles. The van der Waals surface area contributed by atoms with Crippen LogP contribution in [0.3, 0.4) is 0 Å². The summed E-state index contributed by atoms with van der Waals surface area (Å²) in [4.78, 5) is 11.6. The fraction of sp³-hybridized carbons (Fsp3) is 0.414. The van der Waals surface area contributed by atoms with E-state index in [0.29, 0.717) is 0 Å². The van der Waals surface area contributed by atoms with Gasteiger partial charge in [0, 0.05) is 22.7 Å². The lowest BCUT2D eigenvalue weighted by Gasteiger charge is -2.02. The second-order valence-corrected chi connectivity index (χ2v) is 9.16. The molecule has 0 radical (unpaired) electrons. The molecule has 0 unspecified atom stereocenters. The van der Waals surface area contributed by atoms with Crippen molar-refractivity contribution >= 4 is 22.7 Å². The van der Waals surface area contributed by atoms with Gasteiger partial charge in [0.25, 0.3) is 0 Å². The van der Waals surface area contributed by atoms with Crippen LogP contribution < -0.4 is 4.74 Å². The van der Waals surface area contributed by atoms with Gasteiger partial charge in [0.2, 0.25) is 0 Å². The van der Waals surface area contributed by atoms with Crippen molar-refractivity contribution in [2.45, 2.75) is 71.1 Å². The summed E-state index contributed by atoms with van der Waals surface area (Å²) >= 11 is 0. The molecule has 1 aliphatic heterocycles. The number of H-pyrrole nitrogens is 2. The SMILES string of the molecule is CCCCCCCCCCCC1=NC(=Cc2[nH]c(-c3cc4cc(F)ccc4[nH]3)cc2OC)C=C1. The summed E-state index contributed by atoms with van der Waals surface area (Å²) in [6.45, 7) is 2.27. The Morgan fingerprint density at radius 2 is 1.62 bits per heavy atom. The van der Waals surface area contributed by atoms with Gasteiger partial charge in [0.15, 0.2) is 0 Å². The van der Waals surface area contributed by atoms with E-state index in [4.69, 9.17) is 9.73 Å². The molecule has 3 aromatic rings. The molecule has 4 nitrogen and oxygen atoms in total. The van der Waals surface area contributed by atoms with Crippen LogP contribution in [0.2, 0.25) is 0 Å². The van der Waals surface area contributed by atoms with E-state index in [-0.39, 0.29) is 5.82 Å². The third kappa shape index (κ3) is 6.28. The van der Waals surface area contributed by atoms with Gasteiger partial charge in [-0.05, 0) is 55.3 Å². The number of unbranched alkanes of at least 4 members (excludes halogenated alkanes) is 8. The van der Waals surface area contributed by atoms with Crippen LogP contribution in [-0.4, -0.2) is 22.8 Å². The number of nitrogens with one attached hydrogen (secondary N) is 2. The van der Waals surface area contributed by atoms with Crippen LogP contribution in [0.1, 0.15) is 76.8 Å². The molecule has 3 heterocycles. The quantitative estimate of drug-likeness (QED) is 0.246. The van der Waals surface area contributed by atoms with Crippen molar-refractivity contribution in [2.75, 3.05) is 7.11 Å². The predicted octanol–water partition coefficient (Wildman–Crippen LogP) is 8.58. The summed E-state index contributed by atoms with van der Waals surface area (Å²) in [7, 11) is 1.67. The number of halogens is 1. The number of methoxy groups -OCH3 is 1. The number of benzene rings is 1. The first-order valence-corrected chi connectivity index (χ1v) is 12.7. The van der Waals surface area contributed by atoms with Gasteiger partial charge in [0.05, 0.1) is 29.9 Å². The van der Waals surface area contributed by atoms with Crippen LogP contribution in [0.5, 0.6) is 5.75 Å². The van der Waals surface area contributed by atoms with Gasteiger partial charge in [-0.2, -0.15) is 0 Å². The molecule has 0 atom stereocenters. The zero-order valence-corrected chi connectivity index (χ0v) is 20.4. The molecule has 0 saturated heterocycles. The van der Waals surface area contributed by atoms with E-state index in [1.54, 1.807) is 13.2 Å². The molecular formula is C29H36FN3O. The van der Waals surface area contributed by atoms with Crippen molar-refractivity contribution in [3.8, 4) is 17.1 Å². The zero-order chi connectivity index (χ0) is 23.8. The van der Waals surface area contributed by atoms with Crippen molar-refractivity contribution < 1.29 is 9.13 Å². The van der Waals surface area contributed by atoms with Crippen molar-refractivity contribution in [1.82, 2.24) is 9.97 Å². The van der Waals surface area contributed by atoms with Crippen LogP contribution in [0.15, 0.2) is 53.2 Å². The monoisotopic (exact) mass is 461 g/mol. The molecule has 34 heavy (non-hydrogen) atoms. The first-order valence-electron chi connectivity index (χ1n) is 12.7. The number of fused-ring (bicyclic) bond motifs is 1. The van der Waals surface area contributed by atoms with Crippen LogP contribution in [-0.2, 0) is 0 Å². The average Bonchev–Trinajstić information content (AvgIpc) is 3.56. The van der Waals surface area contributed by atoms with Gasteiger partial charge in [-0.3, -0.25) is 4.99 Å². The number of hydrogen-bond acceptors (Lipinski definition) is 2. The van der Waals surface area contributed by atoms with E-state index in [1.165, 1.54) is 69.9 Å². The first-order chi connectivity index (χ1) is 16.7. The second-order valence-electron chi connectivity index (χ2n) is 9.16. The molecule has 0 fully saturated rings. The maximum absolute atomic E-state index is 13.5. The highest BCUT2D eigenvalue weighted by atomic mass is 19.1. The maximum atomic E-state index is 13.5. The number of aromatic amines is 2. The molecule has 5 heteroatoms. The Morgan fingerprint density at radius 1 is 0.882 bits per heavy atom. The largest absolute Gasteiger partial charge is 0.494 e. The third-order valence-electron chi connectivity index (χ3n) is 6.45. The Balaban J connectivity index is 1.33. The number of ether oxygens (including phenoxy) is 1. The van der Waals surface area contributed by atoms with Crippen LogP contribution >= 0.6 is 0 Å². The summed E-state index contributed by atoms with van der Waals surface area (Å²) < 4.78 is 19.1. The van der Waals surface area contributed by atoms with E-state index in [9.17, 15) is 4.39 Å². The highest BCUT2D eigenvalue weighted by molar-refractivity contribution is 5.99. The Bertz CT molecular complexity index is 1180. The minimum Gasteiger partial charge on any atom is -0.494 e. The lowest BCUT2D eigenvalue weighted by molar-refractivity contribution is 0.414. The second kappa shape index (κ2) is 11.9. The third-order valence-corrected chi connectivity index (χ3v) is 6.45. The lowest BCUT2D eigenvalue weighted by atomic mass is 10.1. The topological polar surface area (TPSA) is 53.2 Å². The standard InChI is InChI=1S/C29H36FN3O/c1-3-4-5-6-7-8-9-10-11-12-23-14-15-24(31-23)19-28-29(34-2)20-27(33-28)26-18-21-17-22(30)13-16-25(21)32-26/h13-20,32-33H,3-12H2,1-2H3. The van der Waals surface area contributed by atoms with Crippen molar-refractivity contribution in [1.29, 1.82) is 0 Å². The van der Waals surface area contributed by atoms with Gasteiger partial charge in [-0.25, -0.2) is 4.39 Å². The van der Waals surface area contributed by atoms with E-state index in [0.717, 1.165) is 51.6 Å². The highest BCUT2D eigenvalue weighted by Gasteiger charge is 2.13. The minimum atomic E-state index is -0.239. The molecule has 2 N–H and O–H groups in total. The first kappa shape index (κ1) is 24.1. The van der Waals surface area contributed by atoms with Crippen molar-refractivity contribution in [3.05, 3.63) is 59.7 Å². The fourth-order valence-electron chi connectivity index (χ4n) is 4.53. The summed E-state index contributed by atoms with van der Waals surface area (Å²) in [6, 6.07) is 8.65. The van der Waals surface area contributed by atoms with Crippen LogP contribution in [0, 0.1) is 5.82 Å². The summed E-state index contributed by atoms with van der Waals surface area (Å²) in [5, 5.41) is 0.841. The van der Waals surface area contributed by atoms with Gasteiger partial charge >= 0.3 is 0 Å². The Labute approximate surface area is 202 Å². The normalized spacial score (nSPS) is 14.4. The number of allylic oxidation sites excluding steroid dienone is 2. The smallest absolute Gasteiger partial charge is 0.144 e. The average molecular weight is 462 g/mol. The molecule has 0 aliphatic carbocycles. The maximum Gasteiger partial charge on any atom is 0.144 e. The van der Waals surface area contributed by atoms with E-state index >= 15 is 0 Å². The van der Waals surface area contributed by atoms with Gasteiger partial charge < -0.3 is 14.7 Å². The number of hydrogen-bond donors (Lipinski definition) is 2. The van der Waals surface area contributed by atoms with E-state index < -0.39 is 0 Å². The number of aromatic nitrogens is 2. The Morgan fingerprint density at radius 3 is 2.38 bits per heavy atom. The Hall–Kier alpha value is -3.08. The number of aliphatic imine (C=N–C) groups is 1. The molecule has 0 saturated carbocycles. The molecule has 180 valence electrons. The molecule has 0 spiro atoms. The zero-order valence-electron chi connectivity index (χ0n) is 20.4. The van der Waals surface area contributed by atoms with Gasteiger partial charge in [0.1, 0.15) is 11.6 Å². The van der Waals surface area contributed by atoms with E-state index in [1.807, 2.05) is 18.2 Å². The van der Waals surface area contributed by atoms with E-state index in [2.05, 4.69) is 29.0 Å². The van der Waals surface area contributed by atoms with Crippen LogP contribution in [0.25, 0.3) is 28.4 Å². The molecular weight excluding hydrogens is 425 g/mol. The predicted molar refractivity (Wildman–Crippen MR) is 141 cm³/mol. The number of nitrogens with zero attached hydrogens (tertiary/aromatic N) is 1. The van der Waals surface area contributed by atoms with Gasteiger partial charge in [-0.15, -0.1) is 0 Å². The summed E-state index contributed by atoms with van der Waals surface area (Å²) in [5.41, 5.74) is 5.62. The number of rotatable bonds is 13. The van der Waals surface area contributed by atoms with Crippen LogP contribution in [0.4, 0.5) is 4.39 Å². The fourth-order valence-corrected chi connectivity index (χ4v) is 4.53. The molecule has 0 bridgehead atoms. The van der Waals surface area contributed by atoms with Crippen molar-refractivity contribution in [2.24, 2.45) is 4.99 Å². The summed E-state index contributed by atoms with van der Waals surface area (Å²) in [5.74, 6) is 0.514. The Kier molecular flexibility index (Phi) is 8.40. The minimum absolute atomic E-state index is 0.239. The highest BCUT2D eigenvalue weighted by Crippen LogP contribution is 2.31. The molecule has 2 aromatic heterocycles. The lowest BCUT2D eigenvalue weighted by Crippen LogP contribution is -1.90. The molecule has 1 aliphatic rings. The van der Waals surface area contributed by atoms with Gasteiger partial charge in [-0.1, -0.05) is 58.3 Å². The molecule has 4 rings (SSSR count). The summed E-state index contributed by atoms with van der Waals surface area (Å²) in [6.07, 6.45) is 19.3. The molecule has 0 amide bonds. The van der Waals surface area contributed by atoms with Crippen molar-refractivity contribution in [3.63, 3.8) is 0 Å².